The fourth-order valence-electron chi connectivity index (χ4n) is 3.40. The zero-order valence-electron chi connectivity index (χ0n) is 14.8. The summed E-state index contributed by atoms with van der Waals surface area (Å²) >= 11 is 0. The average molecular weight is 344 g/mol. The number of hydrogen-bond donors (Lipinski definition) is 1. The van der Waals surface area contributed by atoms with E-state index in [1.54, 1.807) is 19.2 Å². The maximum Gasteiger partial charge on any atom is 0.229 e. The molecule has 2 aromatic carbocycles. The Bertz CT molecular complexity index is 969. The molecule has 1 N–H and O–H groups in total. The van der Waals surface area contributed by atoms with Gasteiger partial charge >= 0.3 is 0 Å². The van der Waals surface area contributed by atoms with Gasteiger partial charge in [0.05, 0.1) is 0 Å². The summed E-state index contributed by atoms with van der Waals surface area (Å²) in [5.74, 6) is 1.41. The van der Waals surface area contributed by atoms with Crippen molar-refractivity contribution >= 4 is 28.9 Å². The molecule has 3 aromatic rings. The molecule has 5 heteroatoms. The number of carbonyl (C=O) groups excluding carboxylic acids is 1. The van der Waals surface area contributed by atoms with E-state index in [0.717, 1.165) is 17.9 Å². The van der Waals surface area contributed by atoms with Crippen LogP contribution in [0.4, 0.5) is 23.1 Å². The van der Waals surface area contributed by atoms with Crippen molar-refractivity contribution < 1.29 is 4.79 Å². The number of nitrogens with zero attached hydrogens (tertiary/aromatic N) is 3. The molecular weight excluding hydrogens is 324 g/mol. The van der Waals surface area contributed by atoms with E-state index in [2.05, 4.69) is 46.4 Å². The third-order valence-corrected chi connectivity index (χ3v) is 4.62. The van der Waals surface area contributed by atoms with Crippen LogP contribution in [0.3, 0.4) is 0 Å². The van der Waals surface area contributed by atoms with Crippen molar-refractivity contribution in [3.05, 3.63) is 71.9 Å². The van der Waals surface area contributed by atoms with E-state index in [1.165, 1.54) is 11.3 Å². The van der Waals surface area contributed by atoms with Crippen molar-refractivity contribution in [2.75, 3.05) is 10.2 Å². The third-order valence-electron chi connectivity index (χ3n) is 4.62. The maximum absolute atomic E-state index is 11.6. The molecule has 1 aliphatic heterocycles. The highest BCUT2D eigenvalue weighted by molar-refractivity contribution is 5.95. The molecule has 0 saturated heterocycles. The lowest BCUT2D eigenvalue weighted by atomic mass is 10.1. The average Bonchev–Trinajstić information content (AvgIpc) is 2.98. The largest absolute Gasteiger partial charge is 0.324 e. The van der Waals surface area contributed by atoms with Gasteiger partial charge in [-0.15, -0.1) is 0 Å². The van der Waals surface area contributed by atoms with Crippen molar-refractivity contribution in [1.82, 2.24) is 9.97 Å². The third kappa shape index (κ3) is 3.04. The zero-order valence-corrected chi connectivity index (χ0v) is 14.8. The van der Waals surface area contributed by atoms with E-state index in [9.17, 15) is 4.79 Å². The first kappa shape index (κ1) is 16.3. The van der Waals surface area contributed by atoms with Gasteiger partial charge in [0.25, 0.3) is 0 Å². The van der Waals surface area contributed by atoms with Crippen molar-refractivity contribution in [1.29, 1.82) is 0 Å². The van der Waals surface area contributed by atoms with E-state index >= 15 is 0 Å². The van der Waals surface area contributed by atoms with E-state index in [4.69, 9.17) is 4.98 Å². The Morgan fingerprint density at radius 3 is 2.85 bits per heavy atom. The topological polar surface area (TPSA) is 58.1 Å². The van der Waals surface area contributed by atoms with Crippen molar-refractivity contribution in [3.63, 3.8) is 0 Å². The molecule has 0 fully saturated rings. The molecule has 0 spiro atoms. The Morgan fingerprint density at radius 1 is 1.15 bits per heavy atom. The van der Waals surface area contributed by atoms with Crippen molar-refractivity contribution in [2.45, 2.75) is 26.3 Å². The SMILES string of the molecule is CC(=O)c1cccc(Nc2nccc(N3c4ccccc4CC3C)n2)c1. The number of hydrogen-bond acceptors (Lipinski definition) is 5. The van der Waals surface area contributed by atoms with Crippen LogP contribution in [-0.2, 0) is 6.42 Å². The molecule has 4 rings (SSSR count). The van der Waals surface area contributed by atoms with Crippen molar-refractivity contribution in [2.24, 2.45) is 0 Å². The minimum Gasteiger partial charge on any atom is -0.324 e. The Labute approximate surface area is 152 Å². The molecule has 5 nitrogen and oxygen atoms in total. The van der Waals surface area contributed by atoms with E-state index in [-0.39, 0.29) is 5.78 Å². The van der Waals surface area contributed by atoms with Crippen molar-refractivity contribution in [3.8, 4) is 0 Å². The molecule has 130 valence electrons. The molecule has 0 radical (unpaired) electrons. The van der Waals surface area contributed by atoms with Gasteiger partial charge in [0.2, 0.25) is 5.95 Å². The second-order valence-electron chi connectivity index (χ2n) is 6.55. The number of ketones is 1. The summed E-state index contributed by atoms with van der Waals surface area (Å²) in [6.45, 7) is 3.76. The number of benzene rings is 2. The number of Topliss-reactive ketones (excluding diaryl/α,β-unsaturated/α-hetero) is 1. The Balaban J connectivity index is 1.64. The summed E-state index contributed by atoms with van der Waals surface area (Å²) < 4.78 is 0. The number of anilines is 4. The molecule has 2 heterocycles. The zero-order chi connectivity index (χ0) is 18.1. The quantitative estimate of drug-likeness (QED) is 0.706. The number of fused-ring (bicyclic) bond motifs is 1. The van der Waals surface area contributed by atoms with Crippen LogP contribution in [0.25, 0.3) is 0 Å². The molecule has 0 amide bonds. The van der Waals surface area contributed by atoms with Gasteiger partial charge in [-0.3, -0.25) is 4.79 Å². The van der Waals surface area contributed by atoms with Gasteiger partial charge in [-0.05, 0) is 50.1 Å². The van der Waals surface area contributed by atoms with Crippen LogP contribution in [-0.4, -0.2) is 21.8 Å². The highest BCUT2D eigenvalue weighted by Crippen LogP contribution is 2.37. The van der Waals surface area contributed by atoms with Crippen LogP contribution < -0.4 is 10.2 Å². The van der Waals surface area contributed by atoms with Crippen LogP contribution in [0.15, 0.2) is 60.8 Å². The molecule has 1 aliphatic rings. The van der Waals surface area contributed by atoms with Crippen LogP contribution in [0.2, 0.25) is 0 Å². The lowest BCUT2D eigenvalue weighted by molar-refractivity contribution is 0.101. The number of carbonyl (C=O) groups is 1. The number of aromatic nitrogens is 2. The summed E-state index contributed by atoms with van der Waals surface area (Å²) in [7, 11) is 0. The van der Waals surface area contributed by atoms with Gasteiger partial charge in [-0.2, -0.15) is 4.98 Å². The normalized spacial score (nSPS) is 15.6. The second kappa shape index (κ2) is 6.59. The summed E-state index contributed by atoms with van der Waals surface area (Å²) in [6, 6.07) is 18.1. The molecule has 0 saturated carbocycles. The predicted octanol–water partition coefficient (Wildman–Crippen LogP) is 4.51. The maximum atomic E-state index is 11.6. The Hall–Kier alpha value is -3.21. The molecule has 26 heavy (non-hydrogen) atoms. The molecule has 1 unspecified atom stereocenters. The van der Waals surface area contributed by atoms with Gasteiger partial charge in [-0.25, -0.2) is 4.98 Å². The minimum absolute atomic E-state index is 0.0332. The van der Waals surface area contributed by atoms with Gasteiger partial charge in [0.1, 0.15) is 5.82 Å². The van der Waals surface area contributed by atoms with Gasteiger partial charge in [0, 0.05) is 29.2 Å². The van der Waals surface area contributed by atoms with E-state index in [0.29, 0.717) is 17.6 Å². The molecule has 1 aromatic heterocycles. The van der Waals surface area contributed by atoms with Gasteiger partial charge in [-0.1, -0.05) is 30.3 Å². The minimum atomic E-state index is 0.0332. The lowest BCUT2D eigenvalue weighted by Crippen LogP contribution is -2.25. The van der Waals surface area contributed by atoms with E-state index in [1.807, 2.05) is 24.3 Å². The fraction of sp³-hybridized carbons (Fsp3) is 0.190. The smallest absolute Gasteiger partial charge is 0.229 e. The predicted molar refractivity (Wildman–Crippen MR) is 104 cm³/mol. The number of rotatable bonds is 4. The first-order chi connectivity index (χ1) is 12.6. The first-order valence-corrected chi connectivity index (χ1v) is 8.70. The summed E-state index contributed by atoms with van der Waals surface area (Å²) in [5, 5.41) is 3.20. The van der Waals surface area contributed by atoms with Crippen LogP contribution in [0.1, 0.15) is 29.8 Å². The van der Waals surface area contributed by atoms with Gasteiger partial charge < -0.3 is 10.2 Å². The monoisotopic (exact) mass is 344 g/mol. The molecule has 0 bridgehead atoms. The Kier molecular flexibility index (Phi) is 4.13. The number of para-hydroxylation sites is 1. The van der Waals surface area contributed by atoms with Crippen LogP contribution in [0, 0.1) is 0 Å². The summed E-state index contributed by atoms with van der Waals surface area (Å²) in [4.78, 5) is 22.8. The molecule has 0 aliphatic carbocycles. The lowest BCUT2D eigenvalue weighted by Gasteiger charge is -2.24. The summed E-state index contributed by atoms with van der Waals surface area (Å²) in [6.07, 6.45) is 2.76. The van der Waals surface area contributed by atoms with E-state index < -0.39 is 0 Å². The molecule has 1 atom stereocenters. The standard InChI is InChI=1S/C21H20N4O/c1-14-12-17-6-3-4-9-19(17)25(14)20-10-11-22-21(24-20)23-18-8-5-7-16(13-18)15(2)26/h3-11,13-14H,12H2,1-2H3,(H,22,23,24). The van der Waals surface area contributed by atoms with Gasteiger partial charge in [0.15, 0.2) is 5.78 Å². The number of nitrogens with one attached hydrogen (secondary N) is 1. The Morgan fingerprint density at radius 2 is 2.00 bits per heavy atom. The molecular formula is C21H20N4O. The summed E-state index contributed by atoms with van der Waals surface area (Å²) in [5.41, 5.74) is 3.99. The highest BCUT2D eigenvalue weighted by Gasteiger charge is 2.27. The highest BCUT2D eigenvalue weighted by atomic mass is 16.1. The fourth-order valence-corrected chi connectivity index (χ4v) is 3.40. The first-order valence-electron chi connectivity index (χ1n) is 8.70. The second-order valence-corrected chi connectivity index (χ2v) is 6.55. The van der Waals surface area contributed by atoms with Crippen LogP contribution >= 0.6 is 0 Å². The van der Waals surface area contributed by atoms with Crippen LogP contribution in [0.5, 0.6) is 0 Å².